The summed E-state index contributed by atoms with van der Waals surface area (Å²) in [5.41, 5.74) is 0. The third-order valence-electron chi connectivity index (χ3n) is 1.66. The summed E-state index contributed by atoms with van der Waals surface area (Å²) in [5.74, 6) is -1.76. The van der Waals surface area contributed by atoms with E-state index in [1.54, 1.807) is 6.92 Å². The van der Waals surface area contributed by atoms with Crippen LogP contribution in [0.3, 0.4) is 0 Å². The Morgan fingerprint density at radius 3 is 2.53 bits per heavy atom. The van der Waals surface area contributed by atoms with Crippen molar-refractivity contribution < 1.29 is 29.0 Å². The van der Waals surface area contributed by atoms with Gasteiger partial charge >= 0.3 is 11.9 Å². The molecule has 2 N–H and O–H groups in total. The zero-order chi connectivity index (χ0) is 13.1. The SMILES string of the molecule is CCOC(=O)CCC(=O)NCCOCC(=O)O. The Bertz CT molecular complexity index is 266. The molecule has 0 radical (unpaired) electrons. The number of carboxylic acids is 1. The predicted octanol–water partition coefficient (Wildman–Crippen LogP) is -0.453. The van der Waals surface area contributed by atoms with E-state index >= 15 is 0 Å². The second-order valence-electron chi connectivity index (χ2n) is 3.10. The average Bonchev–Trinajstić information content (AvgIpc) is 2.26. The maximum absolute atomic E-state index is 11.2. The van der Waals surface area contributed by atoms with E-state index in [1.807, 2.05) is 0 Å². The summed E-state index contributed by atoms with van der Waals surface area (Å²) in [6, 6.07) is 0. The molecule has 0 aliphatic rings. The Morgan fingerprint density at radius 2 is 1.94 bits per heavy atom. The molecule has 0 aromatic carbocycles. The van der Waals surface area contributed by atoms with Crippen LogP contribution in [0.2, 0.25) is 0 Å². The molecule has 98 valence electrons. The number of carbonyl (C=O) groups is 3. The second-order valence-corrected chi connectivity index (χ2v) is 3.10. The Hall–Kier alpha value is -1.63. The van der Waals surface area contributed by atoms with Crippen molar-refractivity contribution in [2.75, 3.05) is 26.4 Å². The third-order valence-corrected chi connectivity index (χ3v) is 1.66. The van der Waals surface area contributed by atoms with E-state index in [4.69, 9.17) is 9.84 Å². The highest BCUT2D eigenvalue weighted by atomic mass is 16.5. The normalized spacial score (nSPS) is 9.71. The molecule has 0 aromatic heterocycles. The van der Waals surface area contributed by atoms with E-state index in [-0.39, 0.29) is 31.9 Å². The molecule has 0 saturated heterocycles. The van der Waals surface area contributed by atoms with Crippen LogP contribution in [0.1, 0.15) is 19.8 Å². The van der Waals surface area contributed by atoms with E-state index in [0.717, 1.165) is 0 Å². The molecule has 0 unspecified atom stereocenters. The fraction of sp³-hybridized carbons (Fsp3) is 0.700. The lowest BCUT2D eigenvalue weighted by molar-refractivity contribution is -0.144. The van der Waals surface area contributed by atoms with Gasteiger partial charge in [0.1, 0.15) is 6.61 Å². The molecule has 0 aliphatic heterocycles. The predicted molar refractivity (Wildman–Crippen MR) is 57.3 cm³/mol. The number of esters is 1. The third kappa shape index (κ3) is 10.6. The number of amides is 1. The summed E-state index contributed by atoms with van der Waals surface area (Å²) in [6.07, 6.45) is 0.0907. The van der Waals surface area contributed by atoms with Gasteiger partial charge in [-0.15, -0.1) is 0 Å². The summed E-state index contributed by atoms with van der Waals surface area (Å²) in [7, 11) is 0. The monoisotopic (exact) mass is 247 g/mol. The van der Waals surface area contributed by atoms with Crippen molar-refractivity contribution in [2.24, 2.45) is 0 Å². The van der Waals surface area contributed by atoms with Gasteiger partial charge in [-0.2, -0.15) is 0 Å². The van der Waals surface area contributed by atoms with Crippen molar-refractivity contribution in [1.82, 2.24) is 5.32 Å². The summed E-state index contributed by atoms with van der Waals surface area (Å²) in [5, 5.41) is 10.7. The van der Waals surface area contributed by atoms with Crippen LogP contribution >= 0.6 is 0 Å². The van der Waals surface area contributed by atoms with E-state index in [0.29, 0.717) is 6.61 Å². The van der Waals surface area contributed by atoms with Gasteiger partial charge in [0.2, 0.25) is 5.91 Å². The molecule has 0 heterocycles. The summed E-state index contributed by atoms with van der Waals surface area (Å²) in [6.45, 7) is 1.94. The van der Waals surface area contributed by atoms with Crippen LogP contribution in [0.5, 0.6) is 0 Å². The number of carboxylic acid groups (broad SMARTS) is 1. The Balaban J connectivity index is 3.40. The van der Waals surface area contributed by atoms with Gasteiger partial charge in [-0.05, 0) is 6.92 Å². The van der Waals surface area contributed by atoms with Crippen LogP contribution in [-0.2, 0) is 23.9 Å². The van der Waals surface area contributed by atoms with Gasteiger partial charge in [-0.25, -0.2) is 4.79 Å². The largest absolute Gasteiger partial charge is 0.480 e. The molecular weight excluding hydrogens is 230 g/mol. The molecule has 17 heavy (non-hydrogen) atoms. The fourth-order valence-corrected chi connectivity index (χ4v) is 0.959. The maximum atomic E-state index is 11.2. The number of nitrogens with one attached hydrogen (secondary N) is 1. The van der Waals surface area contributed by atoms with Crippen molar-refractivity contribution in [2.45, 2.75) is 19.8 Å². The van der Waals surface area contributed by atoms with Crippen molar-refractivity contribution >= 4 is 17.8 Å². The van der Waals surface area contributed by atoms with Gasteiger partial charge in [-0.3, -0.25) is 9.59 Å². The molecule has 0 aromatic rings. The van der Waals surface area contributed by atoms with E-state index in [9.17, 15) is 14.4 Å². The molecule has 0 spiro atoms. The molecule has 0 rings (SSSR count). The van der Waals surface area contributed by atoms with Gasteiger partial charge in [0.05, 0.1) is 19.6 Å². The Morgan fingerprint density at radius 1 is 1.24 bits per heavy atom. The molecular formula is C10H17NO6. The molecule has 0 fully saturated rings. The van der Waals surface area contributed by atoms with Gasteiger partial charge in [0.15, 0.2) is 0 Å². The van der Waals surface area contributed by atoms with Gasteiger partial charge in [-0.1, -0.05) is 0 Å². The van der Waals surface area contributed by atoms with Gasteiger partial charge in [0, 0.05) is 13.0 Å². The average molecular weight is 247 g/mol. The molecule has 0 aliphatic carbocycles. The van der Waals surface area contributed by atoms with Crippen LogP contribution in [0, 0.1) is 0 Å². The van der Waals surface area contributed by atoms with Crippen LogP contribution < -0.4 is 5.32 Å². The van der Waals surface area contributed by atoms with Crippen LogP contribution in [0.4, 0.5) is 0 Å². The molecule has 0 atom stereocenters. The Kier molecular flexibility index (Phi) is 8.67. The molecule has 0 bridgehead atoms. The standard InChI is InChI=1S/C10H17NO6/c1-2-17-10(15)4-3-8(12)11-5-6-16-7-9(13)14/h2-7H2,1H3,(H,11,12)(H,13,14). The molecule has 1 amide bonds. The van der Waals surface area contributed by atoms with E-state index in [2.05, 4.69) is 10.1 Å². The highest BCUT2D eigenvalue weighted by molar-refractivity contribution is 5.81. The van der Waals surface area contributed by atoms with Crippen molar-refractivity contribution in [1.29, 1.82) is 0 Å². The van der Waals surface area contributed by atoms with Crippen LogP contribution in [0.15, 0.2) is 0 Å². The fourth-order valence-electron chi connectivity index (χ4n) is 0.959. The zero-order valence-electron chi connectivity index (χ0n) is 9.73. The summed E-state index contributed by atoms with van der Waals surface area (Å²) in [4.78, 5) is 32.1. The first-order valence-electron chi connectivity index (χ1n) is 5.28. The number of rotatable bonds is 9. The zero-order valence-corrected chi connectivity index (χ0v) is 9.73. The number of hydrogen-bond acceptors (Lipinski definition) is 5. The van der Waals surface area contributed by atoms with Gasteiger partial charge in [0.25, 0.3) is 0 Å². The quantitative estimate of drug-likeness (QED) is 0.422. The van der Waals surface area contributed by atoms with Crippen molar-refractivity contribution in [3.05, 3.63) is 0 Å². The van der Waals surface area contributed by atoms with Crippen LogP contribution in [0.25, 0.3) is 0 Å². The highest BCUT2D eigenvalue weighted by Gasteiger charge is 2.06. The summed E-state index contributed by atoms with van der Waals surface area (Å²) >= 11 is 0. The summed E-state index contributed by atoms with van der Waals surface area (Å²) < 4.78 is 9.36. The highest BCUT2D eigenvalue weighted by Crippen LogP contribution is 1.92. The smallest absolute Gasteiger partial charge is 0.329 e. The molecule has 7 heteroatoms. The number of aliphatic carboxylic acids is 1. The van der Waals surface area contributed by atoms with Crippen molar-refractivity contribution in [3.63, 3.8) is 0 Å². The minimum absolute atomic E-state index is 0.0374. The number of hydrogen-bond donors (Lipinski definition) is 2. The first kappa shape index (κ1) is 15.4. The lowest BCUT2D eigenvalue weighted by atomic mass is 10.3. The molecule has 7 nitrogen and oxygen atoms in total. The maximum Gasteiger partial charge on any atom is 0.329 e. The lowest BCUT2D eigenvalue weighted by Crippen LogP contribution is -2.28. The number of carbonyl (C=O) groups excluding carboxylic acids is 2. The lowest BCUT2D eigenvalue weighted by Gasteiger charge is -2.05. The second kappa shape index (κ2) is 9.59. The first-order valence-corrected chi connectivity index (χ1v) is 5.28. The first-order chi connectivity index (χ1) is 8.06. The van der Waals surface area contributed by atoms with Crippen LogP contribution in [-0.4, -0.2) is 49.3 Å². The minimum Gasteiger partial charge on any atom is -0.480 e. The number of ether oxygens (including phenoxy) is 2. The Labute approximate surface area is 99.1 Å². The van der Waals surface area contributed by atoms with E-state index < -0.39 is 18.5 Å². The molecule has 0 saturated carbocycles. The topological polar surface area (TPSA) is 102 Å². The minimum atomic E-state index is -1.06. The van der Waals surface area contributed by atoms with E-state index in [1.165, 1.54) is 0 Å². The van der Waals surface area contributed by atoms with Gasteiger partial charge < -0.3 is 19.9 Å². The van der Waals surface area contributed by atoms with Crippen molar-refractivity contribution in [3.8, 4) is 0 Å².